The van der Waals surface area contributed by atoms with E-state index in [1.807, 2.05) is 17.8 Å². The van der Waals surface area contributed by atoms with Crippen LogP contribution in [0, 0.1) is 0 Å². The highest BCUT2D eigenvalue weighted by Crippen LogP contribution is 2.12. The van der Waals surface area contributed by atoms with Gasteiger partial charge in [0, 0.05) is 19.4 Å². The van der Waals surface area contributed by atoms with E-state index < -0.39 is 0 Å². The van der Waals surface area contributed by atoms with E-state index >= 15 is 0 Å². The van der Waals surface area contributed by atoms with Gasteiger partial charge in [-0.1, -0.05) is 0 Å². The summed E-state index contributed by atoms with van der Waals surface area (Å²) in [6.45, 7) is 0. The van der Waals surface area contributed by atoms with Crippen molar-refractivity contribution in [1.82, 2.24) is 24.3 Å². The number of nitrogens with zero attached hydrogens (tertiary/aromatic N) is 5. The van der Waals surface area contributed by atoms with E-state index in [2.05, 4.69) is 31.0 Å². The fourth-order valence-electron chi connectivity index (χ4n) is 0.997. The molecule has 0 unspecified atom stereocenters. The first-order valence-corrected chi connectivity index (χ1v) is 4.33. The number of halogens is 1. The van der Waals surface area contributed by atoms with Crippen LogP contribution in [0.2, 0.25) is 0 Å². The van der Waals surface area contributed by atoms with Crippen LogP contribution in [0.1, 0.15) is 0 Å². The quantitative estimate of drug-likeness (QED) is 0.783. The molecular weight excluding hydrogens is 236 g/mol. The molecule has 0 aliphatic heterocycles. The number of nitrogen functional groups attached to an aromatic ring is 1. The number of hydrogen-bond donors (Lipinski definition) is 1. The zero-order valence-corrected chi connectivity index (χ0v) is 8.43. The molecule has 0 radical (unpaired) electrons. The second kappa shape index (κ2) is 2.84. The second-order valence-electron chi connectivity index (χ2n) is 2.49. The smallest absolute Gasteiger partial charge is 0.241 e. The minimum atomic E-state index is 0.217. The van der Waals surface area contributed by atoms with Crippen molar-refractivity contribution in [3.05, 3.63) is 17.1 Å². The highest BCUT2D eigenvalue weighted by Gasteiger charge is 2.09. The number of hydrogen-bond acceptors (Lipinski definition) is 4. The molecule has 0 fully saturated rings. The maximum Gasteiger partial charge on any atom is 0.241 e. The maximum atomic E-state index is 5.43. The van der Waals surface area contributed by atoms with Crippen LogP contribution >= 0.6 is 15.9 Å². The van der Waals surface area contributed by atoms with Crippen molar-refractivity contribution >= 4 is 21.9 Å². The lowest BCUT2D eigenvalue weighted by atomic mass is 10.9. The average Bonchev–Trinajstić information content (AvgIpc) is 2.58. The van der Waals surface area contributed by atoms with E-state index in [1.54, 1.807) is 6.20 Å². The van der Waals surface area contributed by atoms with Crippen molar-refractivity contribution in [2.75, 3.05) is 5.73 Å². The van der Waals surface area contributed by atoms with Crippen molar-refractivity contribution in [1.29, 1.82) is 0 Å². The molecule has 0 bridgehead atoms. The van der Waals surface area contributed by atoms with E-state index in [0.717, 1.165) is 0 Å². The number of aromatic nitrogens is 5. The Labute approximate surface area is 82.5 Å². The predicted molar refractivity (Wildman–Crippen MR) is 50.2 cm³/mol. The zero-order chi connectivity index (χ0) is 9.42. The van der Waals surface area contributed by atoms with Gasteiger partial charge in [0.05, 0.1) is 0 Å². The van der Waals surface area contributed by atoms with Crippen molar-refractivity contribution in [2.24, 2.45) is 7.05 Å². The molecule has 2 N–H and O–H groups in total. The summed E-state index contributed by atoms with van der Waals surface area (Å²) in [6, 6.07) is 0. The van der Waals surface area contributed by atoms with Crippen LogP contribution < -0.4 is 5.73 Å². The summed E-state index contributed by atoms with van der Waals surface area (Å²) < 4.78 is 3.88. The van der Waals surface area contributed by atoms with E-state index in [-0.39, 0.29) is 5.95 Å². The van der Waals surface area contributed by atoms with Gasteiger partial charge in [0.2, 0.25) is 16.6 Å². The van der Waals surface area contributed by atoms with Gasteiger partial charge in [-0.05, 0) is 15.9 Å². The largest absolute Gasteiger partial charge is 0.366 e. The van der Waals surface area contributed by atoms with Gasteiger partial charge in [-0.15, -0.1) is 5.10 Å². The minimum absolute atomic E-state index is 0.217. The maximum absolute atomic E-state index is 5.43. The first kappa shape index (κ1) is 8.24. The van der Waals surface area contributed by atoms with Gasteiger partial charge in [0.15, 0.2) is 0 Å². The van der Waals surface area contributed by atoms with E-state index in [4.69, 9.17) is 5.73 Å². The number of imidazole rings is 1. The lowest BCUT2D eigenvalue weighted by Gasteiger charge is -1.99. The average molecular weight is 243 g/mol. The zero-order valence-electron chi connectivity index (χ0n) is 6.85. The topological polar surface area (TPSA) is 74.5 Å². The molecule has 2 aromatic heterocycles. The predicted octanol–water partition coefficient (Wildman–Crippen LogP) is 0.345. The van der Waals surface area contributed by atoms with Crippen LogP contribution in [0.15, 0.2) is 17.1 Å². The fourth-order valence-corrected chi connectivity index (χ4v) is 1.42. The van der Waals surface area contributed by atoms with Crippen molar-refractivity contribution in [3.8, 4) is 5.95 Å². The Hall–Kier alpha value is -1.37. The SMILES string of the molecule is Cn1ccnc1-n1nc(N)nc1Br. The van der Waals surface area contributed by atoms with Gasteiger partial charge in [0.1, 0.15) is 0 Å². The molecule has 0 aliphatic carbocycles. The molecular formula is C6H7BrN6. The Bertz CT molecular complexity index is 430. The summed E-state index contributed by atoms with van der Waals surface area (Å²) in [6.07, 6.45) is 3.50. The highest BCUT2D eigenvalue weighted by atomic mass is 79.9. The summed E-state index contributed by atoms with van der Waals surface area (Å²) >= 11 is 3.23. The number of nitrogens with two attached hydrogens (primary N) is 1. The third-order valence-electron chi connectivity index (χ3n) is 1.57. The lowest BCUT2D eigenvalue weighted by Crippen LogP contribution is -2.05. The molecule has 2 aromatic rings. The molecule has 68 valence electrons. The Morgan fingerprint density at radius 3 is 2.77 bits per heavy atom. The van der Waals surface area contributed by atoms with E-state index in [0.29, 0.717) is 10.7 Å². The molecule has 6 nitrogen and oxygen atoms in total. The van der Waals surface area contributed by atoms with Crippen LogP contribution in [-0.4, -0.2) is 24.3 Å². The summed E-state index contributed by atoms with van der Waals surface area (Å²) in [5.74, 6) is 0.881. The summed E-state index contributed by atoms with van der Waals surface area (Å²) in [5, 5.41) is 3.97. The van der Waals surface area contributed by atoms with Gasteiger partial charge >= 0.3 is 0 Å². The second-order valence-corrected chi connectivity index (χ2v) is 3.20. The summed E-state index contributed by atoms with van der Waals surface area (Å²) in [5.41, 5.74) is 5.43. The molecule has 7 heteroatoms. The normalized spacial score (nSPS) is 10.6. The first-order valence-electron chi connectivity index (χ1n) is 3.54. The first-order chi connectivity index (χ1) is 6.18. The molecule has 2 rings (SSSR count). The fraction of sp³-hybridized carbons (Fsp3) is 0.167. The Balaban J connectivity index is 2.58. The van der Waals surface area contributed by atoms with Crippen molar-refractivity contribution < 1.29 is 0 Å². The Kier molecular flexibility index (Phi) is 1.80. The van der Waals surface area contributed by atoms with Crippen molar-refractivity contribution in [3.63, 3.8) is 0 Å². The summed E-state index contributed by atoms with van der Waals surface area (Å²) in [4.78, 5) is 8.00. The molecule has 0 saturated heterocycles. The van der Waals surface area contributed by atoms with Crippen LogP contribution in [0.3, 0.4) is 0 Å². The number of rotatable bonds is 1. The molecule has 13 heavy (non-hydrogen) atoms. The number of anilines is 1. The molecule has 0 spiro atoms. The highest BCUT2D eigenvalue weighted by molar-refractivity contribution is 9.10. The molecule has 0 amide bonds. The molecule has 0 aliphatic rings. The molecule has 0 aromatic carbocycles. The molecule has 0 saturated carbocycles. The van der Waals surface area contributed by atoms with E-state index in [1.165, 1.54) is 4.68 Å². The third kappa shape index (κ3) is 1.31. The van der Waals surface area contributed by atoms with Gasteiger partial charge < -0.3 is 10.3 Å². The Morgan fingerprint density at radius 1 is 1.54 bits per heavy atom. The van der Waals surface area contributed by atoms with Gasteiger partial charge in [-0.2, -0.15) is 9.67 Å². The Morgan fingerprint density at radius 2 is 2.31 bits per heavy atom. The third-order valence-corrected chi connectivity index (χ3v) is 2.08. The molecule has 0 atom stereocenters. The van der Waals surface area contributed by atoms with Gasteiger partial charge in [-0.3, -0.25) is 0 Å². The van der Waals surface area contributed by atoms with Crippen LogP contribution in [0.5, 0.6) is 0 Å². The van der Waals surface area contributed by atoms with E-state index in [9.17, 15) is 0 Å². The van der Waals surface area contributed by atoms with Gasteiger partial charge in [-0.25, -0.2) is 4.98 Å². The minimum Gasteiger partial charge on any atom is -0.366 e. The number of aryl methyl sites for hydroxylation is 1. The van der Waals surface area contributed by atoms with Gasteiger partial charge in [0.25, 0.3) is 0 Å². The van der Waals surface area contributed by atoms with Crippen LogP contribution in [0.25, 0.3) is 5.95 Å². The van der Waals surface area contributed by atoms with Crippen LogP contribution in [-0.2, 0) is 7.05 Å². The van der Waals surface area contributed by atoms with Crippen molar-refractivity contribution in [2.45, 2.75) is 0 Å². The summed E-state index contributed by atoms with van der Waals surface area (Å²) in [7, 11) is 1.87. The standard InChI is InChI=1S/C6H7BrN6/c1-12-3-2-9-6(12)13-4(7)10-5(8)11-13/h2-3H,1H3,(H2,8,11). The molecule has 2 heterocycles. The van der Waals surface area contributed by atoms with Crippen LogP contribution in [0.4, 0.5) is 5.95 Å². The lowest BCUT2D eigenvalue weighted by molar-refractivity contribution is 0.737. The monoisotopic (exact) mass is 242 g/mol.